The van der Waals surface area contributed by atoms with E-state index < -0.39 is 4.92 Å². The summed E-state index contributed by atoms with van der Waals surface area (Å²) in [5.74, 6) is 0. The number of anilines is 1. The Morgan fingerprint density at radius 3 is 2.56 bits per heavy atom. The minimum atomic E-state index is -0.459. The molecule has 1 aromatic heterocycles. The van der Waals surface area contributed by atoms with Gasteiger partial charge in [0, 0.05) is 28.8 Å². The zero-order valence-corrected chi connectivity index (χ0v) is 14.5. The maximum absolute atomic E-state index is 10.8. The first kappa shape index (κ1) is 17.1. The van der Waals surface area contributed by atoms with E-state index in [-0.39, 0.29) is 10.8 Å². The van der Waals surface area contributed by atoms with Gasteiger partial charge in [-0.05, 0) is 36.5 Å². The van der Waals surface area contributed by atoms with E-state index in [2.05, 4.69) is 4.98 Å². The number of nitro groups is 1. The molecule has 0 aliphatic carbocycles. The second kappa shape index (κ2) is 7.00. The van der Waals surface area contributed by atoms with Crippen LogP contribution in [0.15, 0.2) is 54.6 Å². The lowest BCUT2D eigenvalue weighted by atomic mass is 10.1. The average molecular weight is 373 g/mol. The van der Waals surface area contributed by atoms with E-state index in [1.165, 1.54) is 12.1 Å². The Bertz CT molecular complexity index is 963. The molecule has 3 aromatic rings. The van der Waals surface area contributed by atoms with Crippen LogP contribution in [0.25, 0.3) is 10.9 Å². The van der Waals surface area contributed by atoms with Crippen LogP contribution in [0, 0.1) is 10.1 Å². The number of benzene rings is 2. The molecule has 0 unspecified atom stereocenters. The summed E-state index contributed by atoms with van der Waals surface area (Å²) in [5, 5.41) is 12.2. The summed E-state index contributed by atoms with van der Waals surface area (Å²) >= 11 is 11.4. The summed E-state index contributed by atoms with van der Waals surface area (Å²) in [4.78, 5) is 16.4. The van der Waals surface area contributed by atoms with Crippen LogP contribution in [-0.4, -0.2) is 15.0 Å². The Hall–Kier alpha value is -2.77. The van der Waals surface area contributed by atoms with Crippen LogP contribution in [-0.2, 0) is 6.54 Å². The minimum absolute atomic E-state index is 0.00274. The second-order valence-corrected chi connectivity index (χ2v) is 6.11. The number of nitrogens with two attached hydrogens (primary N) is 1. The fourth-order valence-corrected chi connectivity index (χ4v) is 2.84. The van der Waals surface area contributed by atoms with Gasteiger partial charge in [0.25, 0.3) is 5.69 Å². The Balaban J connectivity index is 1.96. The average Bonchev–Trinajstić information content (AvgIpc) is 2.59. The van der Waals surface area contributed by atoms with Crippen molar-refractivity contribution >= 4 is 51.2 Å². The molecule has 6 nitrogen and oxygen atoms in total. The number of rotatable bonds is 4. The van der Waals surface area contributed by atoms with Gasteiger partial charge in [0.2, 0.25) is 0 Å². The molecule has 0 amide bonds. The molecule has 2 aromatic carbocycles. The highest BCUT2D eigenvalue weighted by molar-refractivity contribution is 7.80. The molecular formula is C17H13ClN4O2S. The van der Waals surface area contributed by atoms with Crippen LogP contribution < -0.4 is 10.6 Å². The number of halogens is 1. The van der Waals surface area contributed by atoms with Crippen molar-refractivity contribution in [2.75, 3.05) is 4.90 Å². The molecule has 0 aliphatic rings. The van der Waals surface area contributed by atoms with Crippen LogP contribution >= 0.6 is 23.8 Å². The van der Waals surface area contributed by atoms with Gasteiger partial charge in [-0.1, -0.05) is 29.8 Å². The van der Waals surface area contributed by atoms with Crippen LogP contribution in [0.1, 0.15) is 5.56 Å². The summed E-state index contributed by atoms with van der Waals surface area (Å²) < 4.78 is 0. The topological polar surface area (TPSA) is 85.3 Å². The van der Waals surface area contributed by atoms with E-state index in [0.717, 1.165) is 16.5 Å². The lowest BCUT2D eigenvalue weighted by molar-refractivity contribution is -0.384. The molecule has 0 atom stereocenters. The number of non-ortho nitro benzene ring substituents is 1. The monoisotopic (exact) mass is 372 g/mol. The lowest BCUT2D eigenvalue weighted by Gasteiger charge is -2.23. The standard InChI is InChI=1S/C17H13ClN4O2S/c18-16-12(9-11-3-1-2-4-15(11)20-16)10-21(17(19)25)13-5-7-14(8-6-13)22(23)24/h1-9H,10H2,(H2,19,25). The maximum Gasteiger partial charge on any atom is 0.269 e. The Morgan fingerprint density at radius 2 is 1.92 bits per heavy atom. The molecule has 126 valence electrons. The molecule has 0 aliphatic heterocycles. The van der Waals surface area contributed by atoms with Crippen molar-refractivity contribution in [3.8, 4) is 0 Å². The zero-order chi connectivity index (χ0) is 18.0. The van der Waals surface area contributed by atoms with Crippen molar-refractivity contribution in [1.29, 1.82) is 0 Å². The second-order valence-electron chi connectivity index (χ2n) is 5.33. The van der Waals surface area contributed by atoms with Crippen molar-refractivity contribution in [3.63, 3.8) is 0 Å². The van der Waals surface area contributed by atoms with Gasteiger partial charge in [0.05, 0.1) is 17.0 Å². The highest BCUT2D eigenvalue weighted by Crippen LogP contribution is 2.25. The number of pyridine rings is 1. The SMILES string of the molecule is NC(=S)N(Cc1cc2ccccc2nc1Cl)c1ccc([N+](=O)[O-])cc1. The molecule has 0 bridgehead atoms. The smallest absolute Gasteiger partial charge is 0.269 e. The van der Waals surface area contributed by atoms with Crippen molar-refractivity contribution in [3.05, 3.63) is 75.4 Å². The molecule has 2 N–H and O–H groups in total. The number of nitro benzene ring substituents is 1. The number of hydrogen-bond donors (Lipinski definition) is 1. The molecule has 0 fully saturated rings. The fraction of sp³-hybridized carbons (Fsp3) is 0.0588. The van der Waals surface area contributed by atoms with Crippen molar-refractivity contribution in [2.45, 2.75) is 6.54 Å². The summed E-state index contributed by atoms with van der Waals surface area (Å²) in [6, 6.07) is 15.6. The van der Waals surface area contributed by atoms with E-state index in [4.69, 9.17) is 29.6 Å². The largest absolute Gasteiger partial charge is 0.376 e. The van der Waals surface area contributed by atoms with E-state index in [9.17, 15) is 10.1 Å². The third kappa shape index (κ3) is 3.67. The van der Waals surface area contributed by atoms with Gasteiger partial charge in [0.15, 0.2) is 5.11 Å². The maximum atomic E-state index is 10.8. The third-order valence-electron chi connectivity index (χ3n) is 3.72. The Labute approximate surface area is 154 Å². The number of para-hydroxylation sites is 1. The summed E-state index contributed by atoms with van der Waals surface area (Å²) in [5.41, 5.74) is 8.03. The van der Waals surface area contributed by atoms with E-state index >= 15 is 0 Å². The highest BCUT2D eigenvalue weighted by Gasteiger charge is 2.15. The molecule has 25 heavy (non-hydrogen) atoms. The molecule has 0 spiro atoms. The first-order valence-electron chi connectivity index (χ1n) is 7.31. The van der Waals surface area contributed by atoms with Crippen LogP contribution in [0.4, 0.5) is 11.4 Å². The number of nitrogens with zero attached hydrogens (tertiary/aromatic N) is 3. The van der Waals surface area contributed by atoms with Gasteiger partial charge >= 0.3 is 0 Å². The third-order valence-corrected chi connectivity index (χ3v) is 4.26. The number of thiocarbonyl (C=S) groups is 1. The van der Waals surface area contributed by atoms with Gasteiger partial charge in [-0.3, -0.25) is 10.1 Å². The van der Waals surface area contributed by atoms with Gasteiger partial charge in [-0.15, -0.1) is 0 Å². The van der Waals surface area contributed by atoms with E-state index in [1.807, 2.05) is 30.3 Å². The Kier molecular flexibility index (Phi) is 4.78. The molecule has 8 heteroatoms. The first-order valence-corrected chi connectivity index (χ1v) is 8.10. The van der Waals surface area contributed by atoms with Gasteiger partial charge in [-0.25, -0.2) is 4.98 Å². The fourth-order valence-electron chi connectivity index (χ4n) is 2.47. The van der Waals surface area contributed by atoms with Crippen molar-refractivity contribution in [2.24, 2.45) is 5.73 Å². The molecular weight excluding hydrogens is 360 g/mol. The zero-order valence-electron chi connectivity index (χ0n) is 12.9. The molecule has 0 radical (unpaired) electrons. The predicted octanol–water partition coefficient (Wildman–Crippen LogP) is 4.05. The molecule has 1 heterocycles. The highest BCUT2D eigenvalue weighted by atomic mass is 35.5. The summed E-state index contributed by atoms with van der Waals surface area (Å²) in [6.07, 6.45) is 0. The Morgan fingerprint density at radius 1 is 1.24 bits per heavy atom. The molecule has 3 rings (SSSR count). The summed E-state index contributed by atoms with van der Waals surface area (Å²) in [6.45, 7) is 0.309. The number of fused-ring (bicyclic) bond motifs is 1. The number of aromatic nitrogens is 1. The van der Waals surface area contributed by atoms with Crippen LogP contribution in [0.2, 0.25) is 5.15 Å². The van der Waals surface area contributed by atoms with Gasteiger partial charge < -0.3 is 10.6 Å². The van der Waals surface area contributed by atoms with Crippen molar-refractivity contribution in [1.82, 2.24) is 4.98 Å². The minimum Gasteiger partial charge on any atom is -0.376 e. The van der Waals surface area contributed by atoms with E-state index in [1.54, 1.807) is 17.0 Å². The van der Waals surface area contributed by atoms with Crippen LogP contribution in [0.5, 0.6) is 0 Å². The van der Waals surface area contributed by atoms with Crippen molar-refractivity contribution < 1.29 is 4.92 Å². The van der Waals surface area contributed by atoms with Crippen LogP contribution in [0.3, 0.4) is 0 Å². The lowest BCUT2D eigenvalue weighted by Crippen LogP contribution is -2.35. The first-order chi connectivity index (χ1) is 12.0. The number of hydrogen-bond acceptors (Lipinski definition) is 4. The normalized spacial score (nSPS) is 10.6. The molecule has 0 saturated carbocycles. The van der Waals surface area contributed by atoms with Gasteiger partial charge in [0.1, 0.15) is 5.15 Å². The molecule has 0 saturated heterocycles. The summed E-state index contributed by atoms with van der Waals surface area (Å²) in [7, 11) is 0. The quantitative estimate of drug-likeness (QED) is 0.322. The van der Waals surface area contributed by atoms with E-state index in [0.29, 0.717) is 17.4 Å². The van der Waals surface area contributed by atoms with Gasteiger partial charge in [-0.2, -0.15) is 0 Å². The predicted molar refractivity (Wildman–Crippen MR) is 103 cm³/mol.